The number of carbonyl (C=O) groups is 2. The van der Waals surface area contributed by atoms with Crippen molar-refractivity contribution >= 4 is 56.8 Å². The van der Waals surface area contributed by atoms with Crippen LogP contribution in [0.2, 0.25) is 0 Å². The van der Waals surface area contributed by atoms with E-state index in [0.717, 1.165) is 25.7 Å². The van der Waals surface area contributed by atoms with E-state index in [1.165, 1.54) is 0 Å². The van der Waals surface area contributed by atoms with Crippen molar-refractivity contribution in [3.63, 3.8) is 0 Å². The van der Waals surface area contributed by atoms with Crippen LogP contribution in [-0.4, -0.2) is 69.8 Å². The molecule has 2 aromatic rings. The first kappa shape index (κ1) is 26.6. The van der Waals surface area contributed by atoms with Crippen molar-refractivity contribution in [2.75, 3.05) is 31.8 Å². The highest BCUT2D eigenvalue weighted by Gasteiger charge is 2.49. The number of ketones is 2. The number of Topliss-reactive ketones (excluding diaryl/α,β-unsaturated/α-hetero) is 2. The molecule has 1 fully saturated rings. The van der Waals surface area contributed by atoms with Crippen LogP contribution < -0.4 is 9.64 Å². The highest BCUT2D eigenvalue weighted by atomic mass is 127. The van der Waals surface area contributed by atoms with E-state index in [-0.39, 0.29) is 24.0 Å². The fourth-order valence-electron chi connectivity index (χ4n) is 4.50. The Hall–Kier alpha value is -1.43. The predicted octanol–water partition coefficient (Wildman–Crippen LogP) is 4.33. The average Bonchev–Trinajstić information content (AvgIpc) is 3.47. The molecule has 4 heterocycles. The predicted molar refractivity (Wildman–Crippen MR) is 143 cm³/mol. The van der Waals surface area contributed by atoms with Crippen molar-refractivity contribution in [3.8, 4) is 5.88 Å². The molecule has 0 N–H and O–H groups in total. The molecule has 1 saturated heterocycles. The van der Waals surface area contributed by atoms with Crippen LogP contribution in [0.25, 0.3) is 11.0 Å². The van der Waals surface area contributed by atoms with Crippen LogP contribution in [0.15, 0.2) is 0 Å². The molecule has 0 spiro atoms. The van der Waals surface area contributed by atoms with Gasteiger partial charge in [0, 0.05) is 13.5 Å². The third-order valence-electron chi connectivity index (χ3n) is 6.70. The molecule has 2 aromatic heterocycles. The molecule has 0 radical (unpaired) electrons. The maximum atomic E-state index is 13.9. The molecule has 0 aromatic carbocycles. The zero-order valence-electron chi connectivity index (χ0n) is 20.7. The number of ether oxygens (including phenoxy) is 3. The molecule has 0 saturated carbocycles. The van der Waals surface area contributed by atoms with Gasteiger partial charge in [-0.1, -0.05) is 33.1 Å². The van der Waals surface area contributed by atoms with E-state index in [0.29, 0.717) is 55.4 Å². The van der Waals surface area contributed by atoms with Gasteiger partial charge in [0.05, 0.1) is 31.5 Å². The Kier molecular flexibility index (Phi) is 8.61. The van der Waals surface area contributed by atoms with Crippen LogP contribution in [0.5, 0.6) is 5.88 Å². The minimum Gasteiger partial charge on any atom is -0.474 e. The number of hydrogen-bond acceptors (Lipinski definition) is 9. The highest BCUT2D eigenvalue weighted by molar-refractivity contribution is 14.2. The Bertz CT molecular complexity index is 1090. The van der Waals surface area contributed by atoms with Crippen molar-refractivity contribution in [2.24, 2.45) is 5.92 Å². The topological polar surface area (TPSA) is 109 Å². The van der Waals surface area contributed by atoms with Crippen molar-refractivity contribution in [2.45, 2.75) is 71.1 Å². The highest BCUT2D eigenvalue weighted by Crippen LogP contribution is 2.40. The molecule has 192 valence electrons. The molecule has 2 unspecified atom stereocenters. The van der Waals surface area contributed by atoms with Gasteiger partial charge < -0.3 is 19.1 Å². The summed E-state index contributed by atoms with van der Waals surface area (Å²) in [6.07, 6.45) is 4.35. The van der Waals surface area contributed by atoms with Gasteiger partial charge in [0.2, 0.25) is 29.1 Å². The smallest absolute Gasteiger partial charge is 0.246 e. The Morgan fingerprint density at radius 1 is 1.20 bits per heavy atom. The van der Waals surface area contributed by atoms with Gasteiger partial charge >= 0.3 is 0 Å². The number of likely N-dealkylation sites (N-methyl/N-ethyl adjacent to an activating group) is 1. The lowest BCUT2D eigenvalue weighted by atomic mass is 9.86. The van der Waals surface area contributed by atoms with E-state index in [4.69, 9.17) is 19.2 Å². The van der Waals surface area contributed by atoms with Gasteiger partial charge in [0.15, 0.2) is 5.65 Å². The van der Waals surface area contributed by atoms with Crippen LogP contribution in [0, 0.1) is 5.92 Å². The summed E-state index contributed by atoms with van der Waals surface area (Å²) in [5, 5.41) is 5.25. The van der Waals surface area contributed by atoms with Crippen molar-refractivity contribution < 1.29 is 23.8 Å². The number of aromatic nitrogens is 4. The standard InChI is InChI=1S/C23H33IN5O5P/c1-5-7-9-15(18(31)23(10-8-6-2)33-11-12-34-23)17(30)19-25-20-16-21(26-19)29(35-24)27-22(16)32-13-14(3)28(20)4/h14-15,35H,5-13H2,1-4H3/t14-,15?/m1/s1. The number of carbonyl (C=O) groups excluding carboxylic acids is 2. The molecule has 4 rings (SSSR count). The lowest BCUT2D eigenvalue weighted by molar-refractivity contribution is -0.186. The van der Waals surface area contributed by atoms with Crippen LogP contribution in [0.3, 0.4) is 0 Å². The Morgan fingerprint density at radius 3 is 2.57 bits per heavy atom. The van der Waals surface area contributed by atoms with Gasteiger partial charge in [-0.15, -0.1) is 5.10 Å². The lowest BCUT2D eigenvalue weighted by Crippen LogP contribution is -2.46. The van der Waals surface area contributed by atoms with Gasteiger partial charge in [0.25, 0.3) is 0 Å². The lowest BCUT2D eigenvalue weighted by Gasteiger charge is -2.29. The summed E-state index contributed by atoms with van der Waals surface area (Å²) >= 11 is 2.22. The summed E-state index contributed by atoms with van der Waals surface area (Å²) in [7, 11) is 1.92. The summed E-state index contributed by atoms with van der Waals surface area (Å²) in [6.45, 7) is 7.25. The fraction of sp³-hybridized carbons (Fsp3) is 0.696. The molecule has 35 heavy (non-hydrogen) atoms. The van der Waals surface area contributed by atoms with E-state index in [1.54, 1.807) is 4.45 Å². The van der Waals surface area contributed by atoms with E-state index < -0.39 is 17.5 Å². The number of rotatable bonds is 11. The zero-order chi connectivity index (χ0) is 25.2. The second kappa shape index (κ2) is 11.3. The van der Waals surface area contributed by atoms with E-state index in [9.17, 15) is 9.59 Å². The molecule has 0 bridgehead atoms. The first-order valence-electron chi connectivity index (χ1n) is 12.3. The maximum absolute atomic E-state index is 13.9. The molecule has 2 aliphatic rings. The number of unbranched alkanes of at least 4 members (excludes halogenated alkanes) is 2. The number of hydrogen-bond donors (Lipinski definition) is 0. The molecule has 10 nitrogen and oxygen atoms in total. The van der Waals surface area contributed by atoms with Gasteiger partial charge in [-0.3, -0.25) is 9.59 Å². The summed E-state index contributed by atoms with van der Waals surface area (Å²) in [4.78, 5) is 39.1. The van der Waals surface area contributed by atoms with Crippen LogP contribution in [0.4, 0.5) is 5.82 Å². The minimum atomic E-state index is -1.36. The number of nitrogens with zero attached hydrogens (tertiary/aromatic N) is 5. The van der Waals surface area contributed by atoms with Crippen LogP contribution >= 0.6 is 28.4 Å². The number of halogens is 1. The zero-order valence-corrected chi connectivity index (χ0v) is 23.8. The van der Waals surface area contributed by atoms with E-state index >= 15 is 0 Å². The minimum absolute atomic E-state index is 0.0221. The fourth-order valence-corrected chi connectivity index (χ4v) is 5.88. The summed E-state index contributed by atoms with van der Waals surface area (Å²) in [5.74, 6) is -1.92. The van der Waals surface area contributed by atoms with E-state index in [1.807, 2.05) is 25.8 Å². The Balaban J connectivity index is 1.78. The first-order valence-corrected chi connectivity index (χ1v) is 16.3. The molecular weight excluding hydrogens is 584 g/mol. The third-order valence-corrected chi connectivity index (χ3v) is 8.54. The monoisotopic (exact) mass is 617 g/mol. The molecule has 0 amide bonds. The van der Waals surface area contributed by atoms with Crippen molar-refractivity contribution in [3.05, 3.63) is 5.82 Å². The normalized spacial score (nSPS) is 20.4. The Labute approximate surface area is 220 Å². The van der Waals surface area contributed by atoms with Crippen LogP contribution in [0.1, 0.15) is 69.9 Å². The summed E-state index contributed by atoms with van der Waals surface area (Å²) in [6, 6.07) is 0.0240. The largest absolute Gasteiger partial charge is 0.474 e. The number of anilines is 1. The van der Waals surface area contributed by atoms with Crippen LogP contribution in [-0.2, 0) is 14.3 Å². The average molecular weight is 617 g/mol. The second-order valence-electron chi connectivity index (χ2n) is 9.12. The second-order valence-corrected chi connectivity index (χ2v) is 11.2. The van der Waals surface area contributed by atoms with Gasteiger partial charge in [-0.2, -0.15) is 0 Å². The van der Waals surface area contributed by atoms with Gasteiger partial charge in [-0.05, 0) is 41.8 Å². The first-order chi connectivity index (χ1) is 16.9. The Morgan fingerprint density at radius 2 is 1.91 bits per heavy atom. The summed E-state index contributed by atoms with van der Waals surface area (Å²) in [5.41, 5.74) is 0.540. The SMILES string of the molecule is CCCCC(C(=O)c1nc2c3c(nn(PI)c3n1)OC[C@@H](C)N2C)C(=O)C1(CCCC)OCCO1. The van der Waals surface area contributed by atoms with Gasteiger partial charge in [0.1, 0.15) is 17.8 Å². The third kappa shape index (κ3) is 5.06. The van der Waals surface area contributed by atoms with Crippen molar-refractivity contribution in [1.29, 1.82) is 0 Å². The summed E-state index contributed by atoms with van der Waals surface area (Å²) < 4.78 is 19.4. The molecule has 12 heteroatoms. The molecule has 3 atom stereocenters. The van der Waals surface area contributed by atoms with Gasteiger partial charge in [-0.25, -0.2) is 14.4 Å². The molecular formula is C23H33IN5O5P. The quantitative estimate of drug-likeness (QED) is 0.158. The van der Waals surface area contributed by atoms with E-state index in [2.05, 4.69) is 39.0 Å². The molecule has 2 aliphatic heterocycles. The molecule has 0 aliphatic carbocycles. The maximum Gasteiger partial charge on any atom is 0.246 e. The van der Waals surface area contributed by atoms with Crippen molar-refractivity contribution in [1.82, 2.24) is 19.5 Å².